The molecule has 7 nitrogen and oxygen atoms in total. The number of amides is 1. The van der Waals surface area contributed by atoms with Crippen LogP contribution in [0.5, 0.6) is 5.75 Å². The molecule has 0 spiro atoms. The summed E-state index contributed by atoms with van der Waals surface area (Å²) in [6, 6.07) is 11.7. The number of fused-ring (bicyclic) bond motifs is 1. The summed E-state index contributed by atoms with van der Waals surface area (Å²) in [5.41, 5.74) is 1.06. The first-order valence-electron chi connectivity index (χ1n) is 7.62. The molecule has 0 aliphatic rings. The average molecular weight is 357 g/mol. The monoisotopic (exact) mass is 357 g/mol. The van der Waals surface area contributed by atoms with E-state index in [1.165, 1.54) is 17.4 Å². The fraction of sp³-hybridized carbons (Fsp3) is 0.176. The summed E-state index contributed by atoms with van der Waals surface area (Å²) in [4.78, 5) is 27.1. The van der Waals surface area contributed by atoms with Crippen LogP contribution in [0.2, 0.25) is 0 Å². The van der Waals surface area contributed by atoms with Gasteiger partial charge in [0.1, 0.15) is 5.75 Å². The molecule has 128 valence electrons. The van der Waals surface area contributed by atoms with Crippen molar-refractivity contribution in [3.63, 3.8) is 0 Å². The Bertz CT molecular complexity index is 939. The predicted molar refractivity (Wildman–Crippen MR) is 96.2 cm³/mol. The standard InChI is InChI=1S/C17H15N3O4S/c1-2-24-12-7-8-13-15(10-12)25-17(18-13)19-16(21)9-11-5-3-4-6-14(11)20(22)23/h3-8,10H,2,9H2,1H3,(H,18,19,21). The van der Waals surface area contributed by atoms with Crippen LogP contribution in [0.25, 0.3) is 10.2 Å². The molecule has 0 unspecified atom stereocenters. The zero-order valence-electron chi connectivity index (χ0n) is 13.4. The lowest BCUT2D eigenvalue weighted by atomic mass is 10.1. The summed E-state index contributed by atoms with van der Waals surface area (Å²) in [6.45, 7) is 2.48. The van der Waals surface area contributed by atoms with Crippen LogP contribution in [0.15, 0.2) is 42.5 Å². The summed E-state index contributed by atoms with van der Waals surface area (Å²) in [7, 11) is 0. The van der Waals surface area contributed by atoms with E-state index in [-0.39, 0.29) is 18.0 Å². The normalized spacial score (nSPS) is 10.6. The first-order valence-corrected chi connectivity index (χ1v) is 8.44. The SMILES string of the molecule is CCOc1ccc2nc(NC(=O)Cc3ccccc3[N+](=O)[O-])sc2c1. The van der Waals surface area contributed by atoms with Crippen molar-refractivity contribution in [1.29, 1.82) is 0 Å². The molecule has 1 N–H and O–H groups in total. The Morgan fingerprint density at radius 3 is 2.88 bits per heavy atom. The number of para-hydroxylation sites is 1. The first kappa shape index (κ1) is 16.8. The molecule has 25 heavy (non-hydrogen) atoms. The highest BCUT2D eigenvalue weighted by atomic mass is 32.1. The summed E-state index contributed by atoms with van der Waals surface area (Å²) < 4.78 is 6.34. The number of aromatic nitrogens is 1. The van der Waals surface area contributed by atoms with Crippen LogP contribution < -0.4 is 10.1 Å². The molecule has 1 heterocycles. The minimum absolute atomic E-state index is 0.0664. The number of hydrogen-bond donors (Lipinski definition) is 1. The predicted octanol–water partition coefficient (Wildman–Crippen LogP) is 3.78. The quantitative estimate of drug-likeness (QED) is 0.535. The van der Waals surface area contributed by atoms with E-state index in [1.54, 1.807) is 18.2 Å². The fourth-order valence-electron chi connectivity index (χ4n) is 2.39. The number of carbonyl (C=O) groups is 1. The Morgan fingerprint density at radius 2 is 2.12 bits per heavy atom. The van der Waals surface area contributed by atoms with Gasteiger partial charge >= 0.3 is 0 Å². The zero-order chi connectivity index (χ0) is 17.8. The second-order valence-electron chi connectivity index (χ2n) is 5.19. The minimum atomic E-state index is -0.491. The highest BCUT2D eigenvalue weighted by Crippen LogP contribution is 2.29. The largest absolute Gasteiger partial charge is 0.494 e. The van der Waals surface area contributed by atoms with Gasteiger partial charge in [0.25, 0.3) is 5.69 Å². The minimum Gasteiger partial charge on any atom is -0.494 e. The lowest BCUT2D eigenvalue weighted by molar-refractivity contribution is -0.385. The summed E-state index contributed by atoms with van der Waals surface area (Å²) >= 11 is 1.33. The summed E-state index contributed by atoms with van der Waals surface area (Å²) in [5, 5.41) is 14.2. The fourth-order valence-corrected chi connectivity index (χ4v) is 3.30. The molecule has 0 aliphatic heterocycles. The molecule has 0 bridgehead atoms. The maximum Gasteiger partial charge on any atom is 0.273 e. The highest BCUT2D eigenvalue weighted by Gasteiger charge is 2.16. The molecule has 0 saturated heterocycles. The number of nitro groups is 1. The van der Waals surface area contributed by atoms with Gasteiger partial charge in [-0.2, -0.15) is 0 Å². The Morgan fingerprint density at radius 1 is 1.32 bits per heavy atom. The number of anilines is 1. The number of nitrogens with one attached hydrogen (secondary N) is 1. The lowest BCUT2D eigenvalue weighted by Gasteiger charge is -2.02. The number of nitrogens with zero attached hydrogens (tertiary/aromatic N) is 2. The van der Waals surface area contributed by atoms with E-state index in [4.69, 9.17) is 4.74 Å². The van der Waals surface area contributed by atoms with Crippen molar-refractivity contribution in [1.82, 2.24) is 4.98 Å². The molecule has 3 aromatic rings. The second-order valence-corrected chi connectivity index (χ2v) is 6.22. The van der Waals surface area contributed by atoms with Gasteiger partial charge in [0.05, 0.1) is 28.2 Å². The van der Waals surface area contributed by atoms with Gasteiger partial charge in [-0.25, -0.2) is 4.98 Å². The molecule has 2 aromatic carbocycles. The van der Waals surface area contributed by atoms with Crippen molar-refractivity contribution in [3.8, 4) is 5.75 Å². The first-order chi connectivity index (χ1) is 12.1. The number of thiazole rings is 1. The van der Waals surface area contributed by atoms with Gasteiger partial charge in [-0.1, -0.05) is 29.5 Å². The third-order valence-corrected chi connectivity index (χ3v) is 4.39. The van der Waals surface area contributed by atoms with Crippen molar-refractivity contribution in [2.75, 3.05) is 11.9 Å². The topological polar surface area (TPSA) is 94.4 Å². The van der Waals surface area contributed by atoms with E-state index in [0.29, 0.717) is 17.3 Å². The van der Waals surface area contributed by atoms with Crippen LogP contribution in [0, 0.1) is 10.1 Å². The molecule has 0 saturated carbocycles. The van der Waals surface area contributed by atoms with Crippen LogP contribution in [0.3, 0.4) is 0 Å². The van der Waals surface area contributed by atoms with Gasteiger partial charge in [-0.3, -0.25) is 14.9 Å². The average Bonchev–Trinajstić information content (AvgIpc) is 2.96. The van der Waals surface area contributed by atoms with Crippen LogP contribution in [-0.4, -0.2) is 22.4 Å². The Balaban J connectivity index is 1.75. The van der Waals surface area contributed by atoms with Gasteiger partial charge in [-0.05, 0) is 25.1 Å². The van der Waals surface area contributed by atoms with Crippen LogP contribution in [0.4, 0.5) is 10.8 Å². The third-order valence-electron chi connectivity index (χ3n) is 3.46. The van der Waals surface area contributed by atoms with E-state index in [9.17, 15) is 14.9 Å². The van der Waals surface area contributed by atoms with E-state index in [1.807, 2.05) is 25.1 Å². The number of hydrogen-bond acceptors (Lipinski definition) is 6. The highest BCUT2D eigenvalue weighted by molar-refractivity contribution is 7.22. The van der Waals surface area contributed by atoms with Gasteiger partial charge in [0.15, 0.2) is 5.13 Å². The number of carbonyl (C=O) groups excluding carboxylic acids is 1. The van der Waals surface area contributed by atoms with Crippen LogP contribution >= 0.6 is 11.3 Å². The molecule has 1 aromatic heterocycles. The zero-order valence-corrected chi connectivity index (χ0v) is 14.2. The number of nitro benzene ring substituents is 1. The van der Waals surface area contributed by atoms with Crippen LogP contribution in [-0.2, 0) is 11.2 Å². The molecule has 3 rings (SSSR count). The van der Waals surface area contributed by atoms with Gasteiger partial charge in [0, 0.05) is 11.6 Å². The Hall–Kier alpha value is -3.00. The number of rotatable bonds is 6. The van der Waals surface area contributed by atoms with Crippen molar-refractivity contribution >= 4 is 38.3 Å². The third kappa shape index (κ3) is 3.92. The molecule has 0 aliphatic carbocycles. The van der Waals surface area contributed by atoms with Gasteiger partial charge < -0.3 is 10.1 Å². The Labute approximate surface area is 147 Å². The van der Waals surface area contributed by atoms with Gasteiger partial charge in [0.2, 0.25) is 5.91 Å². The smallest absolute Gasteiger partial charge is 0.273 e. The van der Waals surface area contributed by atoms with Crippen molar-refractivity contribution in [3.05, 3.63) is 58.1 Å². The lowest BCUT2D eigenvalue weighted by Crippen LogP contribution is -2.15. The van der Waals surface area contributed by atoms with Crippen LogP contribution in [0.1, 0.15) is 12.5 Å². The summed E-state index contributed by atoms with van der Waals surface area (Å²) in [6.07, 6.45) is -0.0860. The molecule has 8 heteroatoms. The van der Waals surface area contributed by atoms with E-state index < -0.39 is 4.92 Å². The maximum atomic E-state index is 12.2. The molecular weight excluding hydrogens is 342 g/mol. The van der Waals surface area contributed by atoms with Gasteiger partial charge in [-0.15, -0.1) is 0 Å². The molecule has 0 radical (unpaired) electrons. The molecule has 0 fully saturated rings. The molecule has 0 atom stereocenters. The summed E-state index contributed by atoms with van der Waals surface area (Å²) in [5.74, 6) is 0.398. The number of benzene rings is 2. The number of ether oxygens (including phenoxy) is 1. The van der Waals surface area contributed by atoms with Crippen molar-refractivity contribution in [2.45, 2.75) is 13.3 Å². The molecule has 1 amide bonds. The van der Waals surface area contributed by atoms with Crippen molar-refractivity contribution < 1.29 is 14.5 Å². The van der Waals surface area contributed by atoms with E-state index in [0.717, 1.165) is 16.0 Å². The molecular formula is C17H15N3O4S. The second kappa shape index (κ2) is 7.27. The van der Waals surface area contributed by atoms with Crippen molar-refractivity contribution in [2.24, 2.45) is 0 Å². The Kier molecular flexibility index (Phi) is 4.90. The van der Waals surface area contributed by atoms with E-state index >= 15 is 0 Å². The maximum absolute atomic E-state index is 12.2. The van der Waals surface area contributed by atoms with E-state index in [2.05, 4.69) is 10.3 Å².